The summed E-state index contributed by atoms with van der Waals surface area (Å²) in [4.78, 5) is 0. The van der Waals surface area contributed by atoms with Crippen molar-refractivity contribution < 1.29 is 5.11 Å². The van der Waals surface area contributed by atoms with Gasteiger partial charge in [0.25, 0.3) is 0 Å². The minimum Gasteiger partial charge on any atom is -0.400 e. The maximum atomic E-state index is 7.00. The molecule has 1 aliphatic carbocycles. The normalized spacial score (nSPS) is 14.8. The molecule has 1 N–H and O–H groups in total. The Morgan fingerprint density at radius 1 is 1.11 bits per heavy atom. The Morgan fingerprint density at radius 2 is 1.74 bits per heavy atom. The van der Waals surface area contributed by atoms with Crippen molar-refractivity contribution in [3.63, 3.8) is 0 Å². The van der Waals surface area contributed by atoms with Gasteiger partial charge in [0, 0.05) is 11.6 Å². The second-order valence-corrected chi connectivity index (χ2v) is 5.59. The molecule has 0 aliphatic heterocycles. The minimum absolute atomic E-state index is 0.998. The van der Waals surface area contributed by atoms with Gasteiger partial charge in [-0.3, -0.25) is 0 Å². The zero-order valence-electron chi connectivity index (χ0n) is 12.7. The van der Waals surface area contributed by atoms with E-state index in [1.54, 1.807) is 0 Å². The Balaban J connectivity index is 0.000000741. The van der Waals surface area contributed by atoms with Crippen LogP contribution in [0.5, 0.6) is 0 Å². The van der Waals surface area contributed by atoms with Crippen molar-refractivity contribution >= 4 is 15.9 Å². The summed E-state index contributed by atoms with van der Waals surface area (Å²) in [6.07, 6.45) is 9.96. The molecule has 1 saturated carbocycles. The summed E-state index contributed by atoms with van der Waals surface area (Å²) in [5, 5.41) is 7.00. The minimum atomic E-state index is 0.998. The summed E-state index contributed by atoms with van der Waals surface area (Å²) in [6, 6.07) is 8.74. The van der Waals surface area contributed by atoms with Gasteiger partial charge in [0.15, 0.2) is 0 Å². The van der Waals surface area contributed by atoms with Gasteiger partial charge in [-0.15, -0.1) is 0 Å². The van der Waals surface area contributed by atoms with Crippen LogP contribution in [0.25, 0.3) is 0 Å². The van der Waals surface area contributed by atoms with Gasteiger partial charge in [-0.2, -0.15) is 0 Å². The number of rotatable bonds is 3. The summed E-state index contributed by atoms with van der Waals surface area (Å²) in [5.74, 6) is 0.998. The van der Waals surface area contributed by atoms with E-state index >= 15 is 0 Å². The van der Waals surface area contributed by atoms with Crippen molar-refractivity contribution in [3.05, 3.63) is 34.3 Å². The first-order valence-corrected chi connectivity index (χ1v) is 8.33. The maximum absolute atomic E-state index is 7.00. The molecule has 0 spiro atoms. The van der Waals surface area contributed by atoms with E-state index in [0.29, 0.717) is 0 Å². The van der Waals surface area contributed by atoms with Gasteiger partial charge in [0.1, 0.15) is 0 Å². The standard InChI is InChI=1S/C14H19Br.C2H6.CH4O/c15-14-8-4-7-13(11-14)10-9-12-5-2-1-3-6-12;2*1-2/h4,7-8,11-12H,1-3,5-6,9-10H2;1-2H3;2H,1H3. The average molecular weight is 329 g/mol. The predicted molar refractivity (Wildman–Crippen MR) is 88.5 cm³/mol. The highest BCUT2D eigenvalue weighted by atomic mass is 79.9. The first-order valence-electron chi connectivity index (χ1n) is 7.54. The summed E-state index contributed by atoms with van der Waals surface area (Å²) in [7, 11) is 1.00. The van der Waals surface area contributed by atoms with Crippen LogP contribution in [0.3, 0.4) is 0 Å². The van der Waals surface area contributed by atoms with Crippen molar-refractivity contribution in [2.75, 3.05) is 7.11 Å². The third kappa shape index (κ3) is 8.43. The highest BCUT2D eigenvalue weighted by Gasteiger charge is 2.12. The number of hydrogen-bond acceptors (Lipinski definition) is 1. The van der Waals surface area contributed by atoms with Gasteiger partial charge in [0.05, 0.1) is 0 Å². The third-order valence-electron chi connectivity index (χ3n) is 3.46. The monoisotopic (exact) mass is 328 g/mol. The highest BCUT2D eigenvalue weighted by Crippen LogP contribution is 2.27. The SMILES string of the molecule is Brc1cccc(CCC2CCCCC2)c1.CC.CO. The van der Waals surface area contributed by atoms with Crippen molar-refractivity contribution in [2.45, 2.75) is 58.8 Å². The number of aliphatic hydroxyl groups excluding tert-OH is 1. The van der Waals surface area contributed by atoms with Crippen LogP contribution in [0.2, 0.25) is 0 Å². The van der Waals surface area contributed by atoms with Crippen molar-refractivity contribution in [1.29, 1.82) is 0 Å². The van der Waals surface area contributed by atoms with Gasteiger partial charge < -0.3 is 5.11 Å². The molecule has 0 radical (unpaired) electrons. The van der Waals surface area contributed by atoms with E-state index in [4.69, 9.17) is 5.11 Å². The lowest BCUT2D eigenvalue weighted by atomic mass is 9.85. The molecule has 0 atom stereocenters. The predicted octanol–water partition coefficient (Wildman–Crippen LogP) is 5.60. The fraction of sp³-hybridized carbons (Fsp3) is 0.647. The van der Waals surface area contributed by atoms with Crippen LogP contribution in [-0.4, -0.2) is 12.2 Å². The molecule has 1 nitrogen and oxygen atoms in total. The molecule has 2 rings (SSSR count). The van der Waals surface area contributed by atoms with Crippen molar-refractivity contribution in [3.8, 4) is 0 Å². The molecule has 2 heteroatoms. The topological polar surface area (TPSA) is 20.2 Å². The quantitative estimate of drug-likeness (QED) is 0.765. The average Bonchev–Trinajstić information content (AvgIpc) is 2.50. The van der Waals surface area contributed by atoms with Crippen LogP contribution in [0.1, 0.15) is 57.9 Å². The molecule has 0 aromatic heterocycles. The van der Waals surface area contributed by atoms with Gasteiger partial charge in [-0.05, 0) is 36.5 Å². The zero-order chi connectivity index (χ0) is 14.5. The Morgan fingerprint density at radius 3 is 2.32 bits per heavy atom. The number of aryl methyl sites for hydroxylation is 1. The van der Waals surface area contributed by atoms with Gasteiger partial charge in [0.2, 0.25) is 0 Å². The second-order valence-electron chi connectivity index (χ2n) is 4.67. The number of benzene rings is 1. The molecule has 19 heavy (non-hydrogen) atoms. The Hall–Kier alpha value is -0.340. The van der Waals surface area contributed by atoms with Crippen molar-refractivity contribution in [2.24, 2.45) is 5.92 Å². The van der Waals surface area contributed by atoms with E-state index in [1.165, 1.54) is 55.0 Å². The summed E-state index contributed by atoms with van der Waals surface area (Å²) in [5.41, 5.74) is 1.48. The highest BCUT2D eigenvalue weighted by molar-refractivity contribution is 9.10. The summed E-state index contributed by atoms with van der Waals surface area (Å²) < 4.78 is 1.21. The smallest absolute Gasteiger partial charge is 0.0319 e. The Bertz CT molecular complexity index is 306. The lowest BCUT2D eigenvalue weighted by molar-refractivity contribution is 0.339. The molecule has 0 unspecified atom stereocenters. The van der Waals surface area contributed by atoms with Crippen molar-refractivity contribution in [1.82, 2.24) is 0 Å². The van der Waals surface area contributed by atoms with E-state index in [2.05, 4.69) is 40.2 Å². The molecule has 1 aliphatic rings. The molecule has 1 aromatic carbocycles. The Labute approximate surface area is 127 Å². The van der Waals surface area contributed by atoms with Crippen LogP contribution in [0.4, 0.5) is 0 Å². The fourth-order valence-electron chi connectivity index (χ4n) is 2.54. The van der Waals surface area contributed by atoms with E-state index in [1.807, 2.05) is 13.8 Å². The molecular weight excluding hydrogens is 300 g/mol. The maximum Gasteiger partial charge on any atom is 0.0319 e. The molecule has 0 amide bonds. The largest absolute Gasteiger partial charge is 0.400 e. The molecule has 0 saturated heterocycles. The molecular formula is C17H29BrO. The molecule has 0 heterocycles. The van der Waals surface area contributed by atoms with E-state index in [0.717, 1.165) is 13.0 Å². The zero-order valence-corrected chi connectivity index (χ0v) is 14.2. The van der Waals surface area contributed by atoms with Gasteiger partial charge >= 0.3 is 0 Å². The second kappa shape index (κ2) is 12.7. The van der Waals surface area contributed by atoms with Crippen LogP contribution >= 0.6 is 15.9 Å². The van der Waals surface area contributed by atoms with Gasteiger partial charge in [-0.25, -0.2) is 0 Å². The van der Waals surface area contributed by atoms with E-state index in [9.17, 15) is 0 Å². The summed E-state index contributed by atoms with van der Waals surface area (Å²) >= 11 is 3.53. The van der Waals surface area contributed by atoms with E-state index in [-0.39, 0.29) is 0 Å². The number of hydrogen-bond donors (Lipinski definition) is 1. The van der Waals surface area contributed by atoms with E-state index < -0.39 is 0 Å². The van der Waals surface area contributed by atoms with Crippen LogP contribution in [0, 0.1) is 5.92 Å². The Kier molecular flexibility index (Phi) is 12.5. The lowest BCUT2D eigenvalue weighted by Gasteiger charge is -2.21. The molecule has 110 valence electrons. The first kappa shape index (κ1) is 18.7. The molecule has 1 fully saturated rings. The van der Waals surface area contributed by atoms with Crippen LogP contribution in [0.15, 0.2) is 28.7 Å². The lowest BCUT2D eigenvalue weighted by Crippen LogP contribution is -2.07. The molecule has 0 bridgehead atoms. The first-order chi connectivity index (χ1) is 9.34. The third-order valence-corrected chi connectivity index (χ3v) is 3.95. The van der Waals surface area contributed by atoms with Crippen LogP contribution < -0.4 is 0 Å². The number of halogens is 1. The van der Waals surface area contributed by atoms with Gasteiger partial charge in [-0.1, -0.05) is 74.0 Å². The molecule has 1 aromatic rings. The van der Waals surface area contributed by atoms with Crippen LogP contribution in [-0.2, 0) is 6.42 Å². The fourth-order valence-corrected chi connectivity index (χ4v) is 2.99. The summed E-state index contributed by atoms with van der Waals surface area (Å²) in [6.45, 7) is 4.00. The number of aliphatic hydroxyl groups is 1.